The van der Waals surface area contributed by atoms with Crippen molar-refractivity contribution in [2.75, 3.05) is 19.7 Å². The number of amides is 2. The first-order valence-electron chi connectivity index (χ1n) is 4.06. The van der Waals surface area contributed by atoms with Gasteiger partial charge in [0.1, 0.15) is 12.6 Å². The first-order valence-corrected chi connectivity index (χ1v) is 4.06. The van der Waals surface area contributed by atoms with Crippen LogP contribution in [0, 0.1) is 0 Å². The highest BCUT2D eigenvalue weighted by Gasteiger charge is 2.26. The number of carbonyl (C=O) groups excluding carboxylic acids is 2. The fraction of sp³-hybridized carbons (Fsp3) is 0.571. The first-order chi connectivity index (χ1) is 6.93. The largest absolute Gasteiger partial charge is 0.480 e. The molecule has 0 aliphatic heterocycles. The normalized spacial score (nSPS) is 11.9. The number of hydrogen-bond acceptors (Lipinski definition) is 6. The van der Waals surface area contributed by atoms with Crippen LogP contribution in [0.3, 0.4) is 0 Å². The Kier molecular flexibility index (Phi) is 5.45. The molecule has 2 amide bonds. The van der Waals surface area contributed by atoms with E-state index in [1.54, 1.807) is 0 Å². The molecule has 8 nitrogen and oxygen atoms in total. The van der Waals surface area contributed by atoms with Gasteiger partial charge < -0.3 is 21.7 Å². The standard InChI is InChI=1S/C7H13N3O5/c8-1-5(12)10(2-6(13)14)7(15)4(9)3-11/h4,11H,1-3,8-9H2,(H,13,14). The summed E-state index contributed by atoms with van der Waals surface area (Å²) < 4.78 is 0. The highest BCUT2D eigenvalue weighted by Crippen LogP contribution is 1.94. The van der Waals surface area contributed by atoms with Crippen LogP contribution in [-0.2, 0) is 14.4 Å². The number of nitrogens with two attached hydrogens (primary N) is 2. The lowest BCUT2D eigenvalue weighted by Crippen LogP contribution is -2.51. The van der Waals surface area contributed by atoms with Crippen LogP contribution >= 0.6 is 0 Å². The number of aliphatic hydroxyl groups excluding tert-OH is 1. The summed E-state index contributed by atoms with van der Waals surface area (Å²) in [6, 6.07) is -1.32. The van der Waals surface area contributed by atoms with Gasteiger partial charge in [-0.15, -0.1) is 0 Å². The van der Waals surface area contributed by atoms with E-state index >= 15 is 0 Å². The lowest BCUT2D eigenvalue weighted by atomic mass is 10.2. The van der Waals surface area contributed by atoms with Gasteiger partial charge in [-0.3, -0.25) is 19.3 Å². The van der Waals surface area contributed by atoms with Crippen LogP contribution < -0.4 is 11.5 Å². The number of imide groups is 1. The Labute approximate surface area is 85.4 Å². The van der Waals surface area contributed by atoms with Crippen LogP contribution in [0.5, 0.6) is 0 Å². The second kappa shape index (κ2) is 6.06. The maximum Gasteiger partial charge on any atom is 0.323 e. The molecule has 6 N–H and O–H groups in total. The molecule has 15 heavy (non-hydrogen) atoms. The Bertz CT molecular complexity index is 267. The average molecular weight is 219 g/mol. The quantitative estimate of drug-likeness (QED) is 0.378. The second-order valence-electron chi connectivity index (χ2n) is 2.71. The second-order valence-corrected chi connectivity index (χ2v) is 2.71. The number of rotatable bonds is 5. The van der Waals surface area contributed by atoms with E-state index in [2.05, 4.69) is 0 Å². The van der Waals surface area contributed by atoms with Crippen LogP contribution in [0.25, 0.3) is 0 Å². The van der Waals surface area contributed by atoms with Crippen LogP contribution in [-0.4, -0.2) is 58.6 Å². The van der Waals surface area contributed by atoms with Gasteiger partial charge >= 0.3 is 5.97 Å². The molecule has 86 valence electrons. The minimum absolute atomic E-state index is 0.406. The Balaban J connectivity index is 4.69. The van der Waals surface area contributed by atoms with E-state index in [9.17, 15) is 14.4 Å². The molecule has 0 fully saturated rings. The zero-order valence-electron chi connectivity index (χ0n) is 7.92. The molecule has 0 saturated carbocycles. The summed E-state index contributed by atoms with van der Waals surface area (Å²) in [6.07, 6.45) is 0. The molecule has 0 aliphatic carbocycles. The molecule has 1 unspecified atom stereocenters. The van der Waals surface area contributed by atoms with Gasteiger partial charge in [-0.2, -0.15) is 0 Å². The van der Waals surface area contributed by atoms with Gasteiger partial charge in [-0.05, 0) is 0 Å². The Morgan fingerprint density at radius 2 is 1.87 bits per heavy atom. The molecule has 0 spiro atoms. The summed E-state index contributed by atoms with van der Waals surface area (Å²) in [4.78, 5) is 33.2. The van der Waals surface area contributed by atoms with Crippen LogP contribution in [0.2, 0.25) is 0 Å². The number of hydrogen-bond donors (Lipinski definition) is 4. The Morgan fingerprint density at radius 1 is 1.33 bits per heavy atom. The van der Waals surface area contributed by atoms with Crippen LogP contribution in [0.4, 0.5) is 0 Å². The third kappa shape index (κ3) is 4.02. The number of carbonyl (C=O) groups is 3. The molecule has 0 aromatic heterocycles. The van der Waals surface area contributed by atoms with E-state index in [1.165, 1.54) is 0 Å². The third-order valence-corrected chi connectivity index (χ3v) is 1.55. The minimum Gasteiger partial charge on any atom is -0.480 e. The molecular weight excluding hydrogens is 206 g/mol. The third-order valence-electron chi connectivity index (χ3n) is 1.55. The summed E-state index contributed by atoms with van der Waals surface area (Å²) in [7, 11) is 0. The molecule has 0 aliphatic rings. The molecule has 8 heteroatoms. The molecule has 0 bridgehead atoms. The topological polar surface area (TPSA) is 147 Å². The molecule has 0 aromatic rings. The molecule has 0 radical (unpaired) electrons. The van der Waals surface area contributed by atoms with E-state index < -0.39 is 43.5 Å². The van der Waals surface area contributed by atoms with Crippen LogP contribution in [0.15, 0.2) is 0 Å². The molecule has 0 heterocycles. The van der Waals surface area contributed by atoms with E-state index in [0.29, 0.717) is 4.90 Å². The van der Waals surface area contributed by atoms with Gasteiger partial charge in [0.25, 0.3) is 0 Å². The lowest BCUT2D eigenvalue weighted by Gasteiger charge is -2.20. The number of nitrogens with zero attached hydrogens (tertiary/aromatic N) is 1. The predicted octanol–water partition coefficient (Wildman–Crippen LogP) is -3.30. The molecule has 1 atom stereocenters. The van der Waals surface area contributed by atoms with E-state index in [1.807, 2.05) is 0 Å². The summed E-state index contributed by atoms with van der Waals surface area (Å²) in [6.45, 7) is -1.99. The Morgan fingerprint density at radius 3 is 2.20 bits per heavy atom. The van der Waals surface area contributed by atoms with E-state index in [0.717, 1.165) is 0 Å². The summed E-state index contributed by atoms with van der Waals surface area (Å²) in [5, 5.41) is 17.0. The van der Waals surface area contributed by atoms with Gasteiger partial charge in [-0.1, -0.05) is 0 Å². The van der Waals surface area contributed by atoms with Crippen molar-refractivity contribution in [2.45, 2.75) is 6.04 Å². The maximum absolute atomic E-state index is 11.3. The molecular formula is C7H13N3O5. The number of aliphatic hydroxyl groups is 1. The van der Waals surface area contributed by atoms with Crippen molar-refractivity contribution < 1.29 is 24.6 Å². The smallest absolute Gasteiger partial charge is 0.323 e. The van der Waals surface area contributed by atoms with Gasteiger partial charge in [-0.25, -0.2) is 0 Å². The predicted molar refractivity (Wildman–Crippen MR) is 48.5 cm³/mol. The van der Waals surface area contributed by atoms with Crippen molar-refractivity contribution in [3.8, 4) is 0 Å². The highest BCUT2D eigenvalue weighted by atomic mass is 16.4. The number of aliphatic carboxylic acids is 1. The zero-order valence-corrected chi connectivity index (χ0v) is 7.92. The van der Waals surface area contributed by atoms with Gasteiger partial charge in [0.15, 0.2) is 0 Å². The Hall–Kier alpha value is -1.51. The number of carboxylic acid groups (broad SMARTS) is 1. The molecule has 0 rings (SSSR count). The molecule has 0 aromatic carbocycles. The van der Waals surface area contributed by atoms with Gasteiger partial charge in [0.05, 0.1) is 13.2 Å². The molecule has 0 saturated heterocycles. The van der Waals surface area contributed by atoms with Crippen molar-refractivity contribution in [2.24, 2.45) is 11.5 Å². The fourth-order valence-corrected chi connectivity index (χ4v) is 0.813. The summed E-state index contributed by atoms with van der Waals surface area (Å²) in [5.74, 6) is -3.18. The van der Waals surface area contributed by atoms with Crippen molar-refractivity contribution in [1.29, 1.82) is 0 Å². The van der Waals surface area contributed by atoms with E-state index in [4.69, 9.17) is 21.7 Å². The van der Waals surface area contributed by atoms with Crippen molar-refractivity contribution in [3.63, 3.8) is 0 Å². The summed E-state index contributed by atoms with van der Waals surface area (Å²) in [5.41, 5.74) is 10.1. The highest BCUT2D eigenvalue weighted by molar-refractivity contribution is 6.00. The minimum atomic E-state index is -1.37. The SMILES string of the molecule is NCC(=O)N(CC(=O)O)C(=O)C(N)CO. The average Bonchev–Trinajstić information content (AvgIpc) is 2.22. The monoisotopic (exact) mass is 219 g/mol. The van der Waals surface area contributed by atoms with E-state index in [-0.39, 0.29) is 0 Å². The van der Waals surface area contributed by atoms with Crippen molar-refractivity contribution in [3.05, 3.63) is 0 Å². The zero-order chi connectivity index (χ0) is 12.0. The van der Waals surface area contributed by atoms with Crippen LogP contribution in [0.1, 0.15) is 0 Å². The van der Waals surface area contributed by atoms with Crippen molar-refractivity contribution >= 4 is 17.8 Å². The van der Waals surface area contributed by atoms with Gasteiger partial charge in [0, 0.05) is 0 Å². The fourth-order valence-electron chi connectivity index (χ4n) is 0.813. The number of carboxylic acids is 1. The lowest BCUT2D eigenvalue weighted by molar-refractivity contribution is -0.153. The summed E-state index contributed by atoms with van der Waals surface area (Å²) >= 11 is 0. The first kappa shape index (κ1) is 13.5. The van der Waals surface area contributed by atoms with Gasteiger partial charge in [0.2, 0.25) is 11.8 Å². The maximum atomic E-state index is 11.3. The van der Waals surface area contributed by atoms with Crippen molar-refractivity contribution in [1.82, 2.24) is 4.90 Å².